The molecule has 1 saturated heterocycles. The van der Waals surface area contributed by atoms with E-state index >= 15 is 0 Å². The Morgan fingerprint density at radius 2 is 1.95 bits per heavy atom. The lowest BCUT2D eigenvalue weighted by atomic mass is 9.96. The van der Waals surface area contributed by atoms with E-state index in [-0.39, 0.29) is 18.1 Å². The fraction of sp³-hybridized carbons (Fsp3) is 0.394. The predicted octanol–water partition coefficient (Wildman–Crippen LogP) is 4.90. The number of benzene rings is 1. The molecular formula is C33H35FN6O3. The molecule has 9 nitrogen and oxygen atoms in total. The SMILES string of the molecule is Cc1ccc(F)cc1C(=O)NC1(C)CC2CN(c3ccc(-c4cc(OCC(C)(C)O)cn5ncc(C#N)c45)cn3)CC2C1. The van der Waals surface area contributed by atoms with E-state index < -0.39 is 11.4 Å². The molecule has 2 fully saturated rings. The van der Waals surface area contributed by atoms with Crippen LogP contribution in [-0.4, -0.2) is 56.4 Å². The van der Waals surface area contributed by atoms with Crippen LogP contribution in [0.25, 0.3) is 16.6 Å². The second-order valence-corrected chi connectivity index (χ2v) is 12.9. The van der Waals surface area contributed by atoms with Crippen LogP contribution in [-0.2, 0) is 0 Å². The first-order valence-corrected chi connectivity index (χ1v) is 14.5. The monoisotopic (exact) mass is 582 g/mol. The zero-order chi connectivity index (χ0) is 30.5. The topological polar surface area (TPSA) is 116 Å². The second-order valence-electron chi connectivity index (χ2n) is 12.9. The zero-order valence-electron chi connectivity index (χ0n) is 24.8. The number of hydrogen-bond donors (Lipinski definition) is 2. The minimum absolute atomic E-state index is 0.103. The molecule has 6 rings (SSSR count). The Morgan fingerprint density at radius 1 is 1.21 bits per heavy atom. The van der Waals surface area contributed by atoms with E-state index in [2.05, 4.69) is 28.3 Å². The maximum Gasteiger partial charge on any atom is 0.252 e. The van der Waals surface area contributed by atoms with Gasteiger partial charge in [0.15, 0.2) is 0 Å². The number of carbonyl (C=O) groups is 1. The highest BCUT2D eigenvalue weighted by molar-refractivity contribution is 5.96. The fourth-order valence-corrected chi connectivity index (χ4v) is 6.58. The largest absolute Gasteiger partial charge is 0.489 e. The van der Waals surface area contributed by atoms with Crippen LogP contribution in [0.3, 0.4) is 0 Å². The highest BCUT2D eigenvalue weighted by Crippen LogP contribution is 2.45. The molecule has 2 atom stereocenters. The molecule has 2 aliphatic rings. The van der Waals surface area contributed by atoms with Crippen LogP contribution in [0.5, 0.6) is 5.75 Å². The molecule has 3 aromatic heterocycles. The van der Waals surface area contributed by atoms with Gasteiger partial charge < -0.3 is 20.1 Å². The maximum absolute atomic E-state index is 13.8. The Hall–Kier alpha value is -4.49. The van der Waals surface area contributed by atoms with Gasteiger partial charge in [0.05, 0.1) is 29.1 Å². The number of rotatable bonds is 7. The molecule has 222 valence electrons. The highest BCUT2D eigenvalue weighted by atomic mass is 19.1. The molecular weight excluding hydrogens is 547 g/mol. The Labute approximate surface area is 249 Å². The number of fused-ring (bicyclic) bond motifs is 2. The van der Waals surface area contributed by atoms with E-state index in [0.717, 1.165) is 48.4 Å². The van der Waals surface area contributed by atoms with Crippen molar-refractivity contribution in [2.24, 2.45) is 11.8 Å². The first-order valence-electron chi connectivity index (χ1n) is 14.5. The van der Waals surface area contributed by atoms with Crippen molar-refractivity contribution in [2.75, 3.05) is 24.6 Å². The summed E-state index contributed by atoms with van der Waals surface area (Å²) in [4.78, 5) is 20.1. The van der Waals surface area contributed by atoms with Crippen LogP contribution in [0.15, 0.2) is 55.0 Å². The van der Waals surface area contributed by atoms with Crippen molar-refractivity contribution >= 4 is 17.2 Å². The van der Waals surface area contributed by atoms with Crippen molar-refractivity contribution in [1.82, 2.24) is 19.9 Å². The normalized spacial score (nSPS) is 21.6. The summed E-state index contributed by atoms with van der Waals surface area (Å²) < 4.78 is 21.2. The first kappa shape index (κ1) is 28.6. The van der Waals surface area contributed by atoms with Crippen molar-refractivity contribution < 1.29 is 19.0 Å². The van der Waals surface area contributed by atoms with Gasteiger partial charge in [-0.2, -0.15) is 10.4 Å². The molecule has 4 aromatic rings. The van der Waals surface area contributed by atoms with Gasteiger partial charge in [0, 0.05) is 41.5 Å². The Kier molecular flexibility index (Phi) is 7.09. The van der Waals surface area contributed by atoms with Gasteiger partial charge in [-0.1, -0.05) is 6.07 Å². The van der Waals surface area contributed by atoms with E-state index in [1.165, 1.54) is 18.3 Å². The van der Waals surface area contributed by atoms with E-state index in [4.69, 9.17) is 9.72 Å². The number of aryl methyl sites for hydroxylation is 1. The van der Waals surface area contributed by atoms with E-state index in [1.807, 2.05) is 25.1 Å². The summed E-state index contributed by atoms with van der Waals surface area (Å²) in [6, 6.07) is 12.4. The number of halogens is 1. The first-order chi connectivity index (χ1) is 20.4. The fourth-order valence-electron chi connectivity index (χ4n) is 6.58. The van der Waals surface area contributed by atoms with Gasteiger partial charge in [-0.05, 0) is 88.3 Å². The lowest BCUT2D eigenvalue weighted by Gasteiger charge is -2.29. The third-order valence-corrected chi connectivity index (χ3v) is 8.54. The van der Waals surface area contributed by atoms with Gasteiger partial charge in [0.25, 0.3) is 5.91 Å². The van der Waals surface area contributed by atoms with Crippen molar-refractivity contribution in [3.8, 4) is 22.9 Å². The smallest absolute Gasteiger partial charge is 0.252 e. The average molecular weight is 583 g/mol. The number of amides is 1. The van der Waals surface area contributed by atoms with Crippen LogP contribution in [0, 0.1) is 35.9 Å². The number of nitrogens with one attached hydrogen (secondary N) is 1. The van der Waals surface area contributed by atoms with Crippen LogP contribution in [0.2, 0.25) is 0 Å². The Balaban J connectivity index is 1.16. The van der Waals surface area contributed by atoms with Gasteiger partial charge in [-0.25, -0.2) is 13.9 Å². The number of aromatic nitrogens is 3. The molecule has 0 bridgehead atoms. The van der Waals surface area contributed by atoms with Crippen LogP contribution in [0.1, 0.15) is 55.1 Å². The summed E-state index contributed by atoms with van der Waals surface area (Å²) >= 11 is 0. The molecule has 2 unspecified atom stereocenters. The summed E-state index contributed by atoms with van der Waals surface area (Å²) in [6.07, 6.45) is 6.72. The Morgan fingerprint density at radius 3 is 2.60 bits per heavy atom. The van der Waals surface area contributed by atoms with Crippen LogP contribution >= 0.6 is 0 Å². The molecule has 1 amide bonds. The molecule has 4 heterocycles. The number of nitriles is 1. The van der Waals surface area contributed by atoms with Crippen molar-refractivity contribution in [1.29, 1.82) is 5.26 Å². The lowest BCUT2D eigenvalue weighted by molar-refractivity contribution is 0.0283. The van der Waals surface area contributed by atoms with E-state index in [9.17, 15) is 19.6 Å². The van der Waals surface area contributed by atoms with Crippen molar-refractivity contribution in [2.45, 2.75) is 51.7 Å². The molecule has 1 aliphatic carbocycles. The minimum Gasteiger partial charge on any atom is -0.489 e. The summed E-state index contributed by atoms with van der Waals surface area (Å²) in [6.45, 7) is 9.04. The maximum atomic E-state index is 13.8. The number of nitrogens with zero attached hydrogens (tertiary/aromatic N) is 5. The lowest BCUT2D eigenvalue weighted by Crippen LogP contribution is -2.45. The number of aliphatic hydroxyl groups is 1. The van der Waals surface area contributed by atoms with Gasteiger partial charge in [-0.15, -0.1) is 0 Å². The number of anilines is 1. The molecule has 10 heteroatoms. The Bertz CT molecular complexity index is 1720. The van der Waals surface area contributed by atoms with Gasteiger partial charge >= 0.3 is 0 Å². The number of ether oxygens (including phenoxy) is 1. The van der Waals surface area contributed by atoms with E-state index in [1.54, 1.807) is 36.8 Å². The summed E-state index contributed by atoms with van der Waals surface area (Å²) in [5, 5.41) is 27.3. The molecule has 0 radical (unpaired) electrons. The number of hydrogen-bond acceptors (Lipinski definition) is 7. The third-order valence-electron chi connectivity index (χ3n) is 8.54. The van der Waals surface area contributed by atoms with Crippen LogP contribution in [0.4, 0.5) is 10.2 Å². The second kappa shape index (κ2) is 10.7. The molecule has 1 aromatic carbocycles. The summed E-state index contributed by atoms with van der Waals surface area (Å²) in [7, 11) is 0. The summed E-state index contributed by atoms with van der Waals surface area (Å²) in [5.74, 6) is 1.58. The average Bonchev–Trinajstić information content (AvgIpc) is 3.63. The van der Waals surface area contributed by atoms with E-state index in [0.29, 0.717) is 34.2 Å². The standard InChI is InChI=1S/C33H35FN6O3/c1-20-5-7-25(34)9-27(20)31(41)38-33(4)11-22-16-39(17-23(22)12-33)29-8-6-21(14-36-29)28-10-26(43-19-32(2,3)42)18-40-30(28)24(13-35)15-37-40/h5-10,14-15,18,22-23,42H,11-12,16-17,19H2,1-4H3,(H,38,41). The molecule has 0 spiro atoms. The minimum atomic E-state index is -1.00. The highest BCUT2D eigenvalue weighted by Gasteiger charge is 2.47. The van der Waals surface area contributed by atoms with Gasteiger partial charge in [0.2, 0.25) is 0 Å². The predicted molar refractivity (Wildman–Crippen MR) is 160 cm³/mol. The molecule has 1 aliphatic heterocycles. The zero-order valence-corrected chi connectivity index (χ0v) is 24.8. The van der Waals surface area contributed by atoms with Gasteiger partial charge in [-0.3, -0.25) is 4.79 Å². The summed E-state index contributed by atoms with van der Waals surface area (Å²) in [5.41, 5.74) is 2.49. The van der Waals surface area contributed by atoms with Crippen molar-refractivity contribution in [3.63, 3.8) is 0 Å². The molecule has 1 saturated carbocycles. The molecule has 2 N–H and O–H groups in total. The van der Waals surface area contributed by atoms with Crippen molar-refractivity contribution in [3.05, 3.63) is 77.5 Å². The van der Waals surface area contributed by atoms with Crippen LogP contribution < -0.4 is 15.0 Å². The number of pyridine rings is 2. The molecule has 43 heavy (non-hydrogen) atoms. The quantitative estimate of drug-likeness (QED) is 0.319. The third kappa shape index (κ3) is 5.77. The van der Waals surface area contributed by atoms with Gasteiger partial charge in [0.1, 0.15) is 30.1 Å². The number of carbonyl (C=O) groups excluding carboxylic acids is 1.